The van der Waals surface area contributed by atoms with Crippen molar-refractivity contribution >= 4 is 17.7 Å². The van der Waals surface area contributed by atoms with E-state index in [-0.39, 0.29) is 0 Å². The number of aliphatic carboxylic acids is 1. The van der Waals surface area contributed by atoms with Gasteiger partial charge in [-0.2, -0.15) is 0 Å². The number of rotatable bonds is 3. The number of thioether (sulfide) groups is 1. The second kappa shape index (κ2) is 4.41. The van der Waals surface area contributed by atoms with Crippen LogP contribution in [-0.2, 0) is 4.79 Å². The van der Waals surface area contributed by atoms with E-state index in [0.29, 0.717) is 5.16 Å². The maximum absolute atomic E-state index is 10.5. The Morgan fingerprint density at radius 1 is 1.43 bits per heavy atom. The van der Waals surface area contributed by atoms with Gasteiger partial charge in [0, 0.05) is 16.6 Å². The first-order valence-corrected chi connectivity index (χ1v) is 5.07. The first-order valence-electron chi connectivity index (χ1n) is 4.19. The molecule has 1 rings (SSSR count). The number of hydrogen-bond acceptors (Lipinski definition) is 5. The standard InChI is InChI=1S/C9H12N2O2S/c1-5-4-6(2)11-9(10-5)14-7(3)8(12)13/h4,7H,1-3H3,(H,12,13)/p-1/t7-/m0/s1. The fourth-order valence-electron chi connectivity index (χ4n) is 0.953. The summed E-state index contributed by atoms with van der Waals surface area (Å²) in [5, 5.41) is 10.3. The van der Waals surface area contributed by atoms with Crippen LogP contribution in [0.15, 0.2) is 11.2 Å². The average molecular weight is 211 g/mol. The summed E-state index contributed by atoms with van der Waals surface area (Å²) in [6.07, 6.45) is 0. The molecule has 0 aliphatic carbocycles. The van der Waals surface area contributed by atoms with E-state index < -0.39 is 11.2 Å². The molecule has 0 N–H and O–H groups in total. The van der Waals surface area contributed by atoms with E-state index in [9.17, 15) is 9.90 Å². The number of carboxylic acid groups (broad SMARTS) is 1. The van der Waals surface area contributed by atoms with Crippen molar-refractivity contribution in [2.24, 2.45) is 0 Å². The van der Waals surface area contributed by atoms with Gasteiger partial charge in [0.05, 0.1) is 5.97 Å². The molecule has 0 aliphatic heterocycles. The highest BCUT2D eigenvalue weighted by Gasteiger charge is 2.08. The predicted octanol–water partition coefficient (Wildman–Crippen LogP) is 0.324. The molecule has 0 unspecified atom stereocenters. The molecule has 5 heteroatoms. The van der Waals surface area contributed by atoms with Crippen molar-refractivity contribution in [1.29, 1.82) is 0 Å². The van der Waals surface area contributed by atoms with Crippen LogP contribution < -0.4 is 5.11 Å². The lowest BCUT2D eigenvalue weighted by Crippen LogP contribution is -2.31. The lowest BCUT2D eigenvalue weighted by atomic mass is 10.4. The van der Waals surface area contributed by atoms with Gasteiger partial charge < -0.3 is 9.90 Å². The van der Waals surface area contributed by atoms with Crippen LogP contribution in [0, 0.1) is 13.8 Å². The molecule has 1 heterocycles. The van der Waals surface area contributed by atoms with Gasteiger partial charge >= 0.3 is 0 Å². The van der Waals surface area contributed by atoms with Crippen LogP contribution in [0.25, 0.3) is 0 Å². The summed E-state index contributed by atoms with van der Waals surface area (Å²) in [7, 11) is 0. The van der Waals surface area contributed by atoms with Crippen LogP contribution in [0.5, 0.6) is 0 Å². The summed E-state index contributed by atoms with van der Waals surface area (Å²) in [5.41, 5.74) is 1.68. The van der Waals surface area contributed by atoms with E-state index in [1.54, 1.807) is 6.92 Å². The highest BCUT2D eigenvalue weighted by molar-refractivity contribution is 8.00. The number of carbonyl (C=O) groups excluding carboxylic acids is 1. The zero-order valence-electron chi connectivity index (χ0n) is 8.27. The summed E-state index contributed by atoms with van der Waals surface area (Å²) in [6, 6.07) is 1.84. The SMILES string of the molecule is Cc1cc(C)nc(S[C@@H](C)C(=O)[O-])n1. The minimum atomic E-state index is -1.10. The number of carbonyl (C=O) groups is 1. The number of carboxylic acids is 1. The number of aryl methyl sites for hydroxylation is 2. The van der Waals surface area contributed by atoms with Gasteiger partial charge in [-0.05, 0) is 26.8 Å². The average Bonchev–Trinajstić information content (AvgIpc) is 2.01. The molecule has 14 heavy (non-hydrogen) atoms. The fraction of sp³-hybridized carbons (Fsp3) is 0.444. The zero-order chi connectivity index (χ0) is 10.7. The van der Waals surface area contributed by atoms with Gasteiger partial charge in [-0.1, -0.05) is 11.8 Å². The normalized spacial score (nSPS) is 12.5. The molecule has 0 aliphatic rings. The number of nitrogens with zero attached hydrogens (tertiary/aromatic N) is 2. The monoisotopic (exact) mass is 211 g/mol. The summed E-state index contributed by atoms with van der Waals surface area (Å²) in [5.74, 6) is -1.10. The summed E-state index contributed by atoms with van der Waals surface area (Å²) < 4.78 is 0. The van der Waals surface area contributed by atoms with Crippen molar-refractivity contribution in [3.8, 4) is 0 Å². The van der Waals surface area contributed by atoms with Crippen LogP contribution >= 0.6 is 11.8 Å². The van der Waals surface area contributed by atoms with Crippen molar-refractivity contribution in [3.63, 3.8) is 0 Å². The molecule has 0 saturated carbocycles. The Kier molecular flexibility index (Phi) is 3.46. The van der Waals surface area contributed by atoms with Crippen LogP contribution in [0.4, 0.5) is 0 Å². The molecule has 1 atom stereocenters. The van der Waals surface area contributed by atoms with E-state index >= 15 is 0 Å². The number of hydrogen-bond donors (Lipinski definition) is 0. The Labute approximate surface area is 86.8 Å². The molecule has 4 nitrogen and oxygen atoms in total. The van der Waals surface area contributed by atoms with Gasteiger partial charge in [-0.3, -0.25) is 0 Å². The molecule has 0 spiro atoms. The second-order valence-electron chi connectivity index (χ2n) is 3.01. The summed E-state index contributed by atoms with van der Waals surface area (Å²) in [4.78, 5) is 18.7. The Hall–Kier alpha value is -1.10. The van der Waals surface area contributed by atoms with Crippen LogP contribution in [0.2, 0.25) is 0 Å². The quantitative estimate of drug-likeness (QED) is 0.532. The van der Waals surface area contributed by atoms with E-state index in [4.69, 9.17) is 0 Å². The van der Waals surface area contributed by atoms with E-state index in [1.165, 1.54) is 0 Å². The highest BCUT2D eigenvalue weighted by atomic mass is 32.2. The minimum absolute atomic E-state index is 0.485. The minimum Gasteiger partial charge on any atom is -0.549 e. The molecule has 0 fully saturated rings. The molecule has 0 saturated heterocycles. The highest BCUT2D eigenvalue weighted by Crippen LogP contribution is 2.19. The molecule has 0 bridgehead atoms. The van der Waals surface area contributed by atoms with Crippen LogP contribution in [-0.4, -0.2) is 21.2 Å². The first kappa shape index (κ1) is 11.0. The lowest BCUT2D eigenvalue weighted by molar-refractivity contribution is -0.304. The smallest absolute Gasteiger partial charge is 0.188 e. The van der Waals surface area contributed by atoms with E-state index in [2.05, 4.69) is 9.97 Å². The fourth-order valence-corrected chi connectivity index (χ4v) is 1.76. The van der Waals surface area contributed by atoms with Gasteiger partial charge in [-0.25, -0.2) is 9.97 Å². The lowest BCUT2D eigenvalue weighted by Gasteiger charge is -2.10. The van der Waals surface area contributed by atoms with E-state index in [0.717, 1.165) is 23.1 Å². The van der Waals surface area contributed by atoms with Crippen molar-refractivity contribution in [2.45, 2.75) is 31.2 Å². The zero-order valence-corrected chi connectivity index (χ0v) is 9.09. The van der Waals surface area contributed by atoms with Gasteiger partial charge in [0.2, 0.25) is 0 Å². The predicted molar refractivity (Wildman–Crippen MR) is 51.8 cm³/mol. The summed E-state index contributed by atoms with van der Waals surface area (Å²) in [6.45, 7) is 5.26. The molecule has 0 amide bonds. The second-order valence-corrected chi connectivity index (χ2v) is 4.32. The number of aromatic nitrogens is 2. The molecule has 76 valence electrons. The molecular weight excluding hydrogens is 200 g/mol. The van der Waals surface area contributed by atoms with E-state index in [1.807, 2.05) is 19.9 Å². The Balaban J connectivity index is 2.81. The largest absolute Gasteiger partial charge is 0.549 e. The first-order chi connectivity index (χ1) is 6.49. The van der Waals surface area contributed by atoms with Crippen molar-refractivity contribution in [2.75, 3.05) is 0 Å². The molecular formula is C9H11N2O2S-. The van der Waals surface area contributed by atoms with Crippen LogP contribution in [0.1, 0.15) is 18.3 Å². The van der Waals surface area contributed by atoms with Crippen molar-refractivity contribution in [3.05, 3.63) is 17.5 Å². The molecule has 0 radical (unpaired) electrons. The van der Waals surface area contributed by atoms with Crippen LogP contribution in [0.3, 0.4) is 0 Å². The third-order valence-corrected chi connectivity index (χ3v) is 2.52. The topological polar surface area (TPSA) is 65.9 Å². The summed E-state index contributed by atoms with van der Waals surface area (Å²) >= 11 is 1.10. The third kappa shape index (κ3) is 2.99. The Morgan fingerprint density at radius 3 is 2.36 bits per heavy atom. The molecule has 1 aromatic heterocycles. The van der Waals surface area contributed by atoms with Gasteiger partial charge in [-0.15, -0.1) is 0 Å². The maximum Gasteiger partial charge on any atom is 0.188 e. The molecule has 1 aromatic rings. The molecule has 0 aromatic carbocycles. The van der Waals surface area contributed by atoms with Crippen molar-refractivity contribution in [1.82, 2.24) is 9.97 Å². The van der Waals surface area contributed by atoms with Gasteiger partial charge in [0.15, 0.2) is 5.16 Å². The van der Waals surface area contributed by atoms with Gasteiger partial charge in [0.1, 0.15) is 0 Å². The third-order valence-electron chi connectivity index (χ3n) is 1.58. The van der Waals surface area contributed by atoms with Gasteiger partial charge in [0.25, 0.3) is 0 Å². The van der Waals surface area contributed by atoms with Crippen molar-refractivity contribution < 1.29 is 9.90 Å². The maximum atomic E-state index is 10.5. The Bertz CT molecular complexity index is 334. The Morgan fingerprint density at radius 2 is 1.93 bits per heavy atom.